The van der Waals surface area contributed by atoms with Gasteiger partial charge in [-0.15, -0.1) is 0 Å². The summed E-state index contributed by atoms with van der Waals surface area (Å²) in [6.45, 7) is 2.52. The Kier molecular flexibility index (Phi) is 8.05. The molecule has 0 saturated carbocycles. The van der Waals surface area contributed by atoms with Crippen molar-refractivity contribution in [2.45, 2.75) is 42.2 Å². The van der Waals surface area contributed by atoms with Crippen LogP contribution in [0.5, 0.6) is 0 Å². The Morgan fingerprint density at radius 1 is 0.821 bits per heavy atom. The number of carbonyl (C=O) groups is 1. The average molecular weight is 582 g/mol. The van der Waals surface area contributed by atoms with Crippen LogP contribution in [0, 0.1) is 6.92 Å². The lowest BCUT2D eigenvalue weighted by Gasteiger charge is -2.26. The first-order valence-electron chi connectivity index (χ1n) is 12.0. The number of benzene rings is 3. The maximum Gasteiger partial charge on any atom is 0.416 e. The number of nitrogens with one attached hydrogen (secondary N) is 2. The van der Waals surface area contributed by atoms with Crippen LogP contribution in [0.2, 0.25) is 0 Å². The zero-order valence-electron chi connectivity index (χ0n) is 20.8. The van der Waals surface area contributed by atoms with Crippen LogP contribution in [0.1, 0.15) is 40.7 Å². The summed E-state index contributed by atoms with van der Waals surface area (Å²) in [5.41, 5.74) is -0.312. The number of piperidine rings is 1. The van der Waals surface area contributed by atoms with Crippen LogP contribution in [-0.4, -0.2) is 40.1 Å². The molecule has 1 fully saturated rings. The number of nitrogens with zero attached hydrogens (tertiary/aromatic N) is 1. The zero-order valence-corrected chi connectivity index (χ0v) is 22.5. The Labute approximate surface area is 224 Å². The molecule has 2 N–H and O–H groups in total. The maximum atomic E-state index is 13.0. The molecule has 3 aromatic carbocycles. The van der Waals surface area contributed by atoms with E-state index in [1.807, 2.05) is 0 Å². The second kappa shape index (κ2) is 11.0. The van der Waals surface area contributed by atoms with E-state index >= 15 is 0 Å². The van der Waals surface area contributed by atoms with Gasteiger partial charge in [0.25, 0.3) is 15.9 Å². The molecule has 39 heavy (non-hydrogen) atoms. The summed E-state index contributed by atoms with van der Waals surface area (Å²) < 4.78 is 93.8. The molecular weight excluding hydrogens is 555 g/mol. The second-order valence-corrected chi connectivity index (χ2v) is 12.7. The fourth-order valence-corrected chi connectivity index (χ4v) is 6.74. The molecule has 1 aliphatic heterocycles. The third-order valence-corrected chi connectivity index (χ3v) is 9.56. The molecule has 1 aliphatic rings. The monoisotopic (exact) mass is 581 g/mol. The van der Waals surface area contributed by atoms with Gasteiger partial charge in [0.1, 0.15) is 0 Å². The number of alkyl halides is 3. The Morgan fingerprint density at radius 3 is 2.10 bits per heavy atom. The quantitative estimate of drug-likeness (QED) is 0.396. The van der Waals surface area contributed by atoms with Crippen molar-refractivity contribution >= 4 is 37.3 Å². The minimum absolute atomic E-state index is 0.0160. The Balaban J connectivity index is 1.49. The number of carbonyl (C=O) groups excluding carboxylic acids is 1. The van der Waals surface area contributed by atoms with Gasteiger partial charge in [0, 0.05) is 30.0 Å². The highest BCUT2D eigenvalue weighted by Gasteiger charge is 2.31. The highest BCUT2D eigenvalue weighted by molar-refractivity contribution is 7.92. The Bertz CT molecular complexity index is 1580. The fourth-order valence-electron chi connectivity index (χ4n) is 4.15. The van der Waals surface area contributed by atoms with Crippen LogP contribution in [0.3, 0.4) is 0 Å². The number of rotatable bonds is 7. The number of aryl methyl sites for hydroxylation is 1. The SMILES string of the molecule is Cc1ccc(S(=O)(=O)N2CCCCC2)cc1C(=O)Nc1ccc(S(=O)(=O)Nc2cccc(C(F)(F)F)c2)cc1. The molecule has 0 unspecified atom stereocenters. The first-order valence-corrected chi connectivity index (χ1v) is 14.9. The molecule has 0 spiro atoms. The number of hydrogen-bond acceptors (Lipinski definition) is 5. The van der Waals surface area contributed by atoms with E-state index < -0.39 is 37.7 Å². The zero-order chi connectivity index (χ0) is 28.4. The molecule has 3 aromatic rings. The Morgan fingerprint density at radius 2 is 1.46 bits per heavy atom. The highest BCUT2D eigenvalue weighted by atomic mass is 32.2. The van der Waals surface area contributed by atoms with E-state index in [9.17, 15) is 34.8 Å². The van der Waals surface area contributed by atoms with E-state index in [-0.39, 0.29) is 26.7 Å². The van der Waals surface area contributed by atoms with E-state index in [1.165, 1.54) is 46.8 Å². The molecule has 0 bridgehead atoms. The van der Waals surface area contributed by atoms with Crippen molar-refractivity contribution in [2.75, 3.05) is 23.1 Å². The first kappa shape index (κ1) is 28.6. The van der Waals surface area contributed by atoms with Crippen molar-refractivity contribution in [1.82, 2.24) is 4.31 Å². The van der Waals surface area contributed by atoms with Crippen LogP contribution in [-0.2, 0) is 26.2 Å². The summed E-state index contributed by atoms with van der Waals surface area (Å²) in [5.74, 6) is -0.583. The third-order valence-electron chi connectivity index (χ3n) is 6.27. The van der Waals surface area contributed by atoms with Gasteiger partial charge in [-0.1, -0.05) is 18.6 Å². The van der Waals surface area contributed by atoms with Crippen molar-refractivity contribution < 1.29 is 34.8 Å². The highest BCUT2D eigenvalue weighted by Crippen LogP contribution is 2.31. The predicted molar refractivity (Wildman–Crippen MR) is 140 cm³/mol. The van der Waals surface area contributed by atoms with Crippen LogP contribution in [0.4, 0.5) is 24.5 Å². The lowest BCUT2D eigenvalue weighted by atomic mass is 10.1. The van der Waals surface area contributed by atoms with Gasteiger partial charge in [0.15, 0.2) is 0 Å². The molecule has 0 aromatic heterocycles. The normalized spacial score (nSPS) is 15.1. The smallest absolute Gasteiger partial charge is 0.322 e. The minimum Gasteiger partial charge on any atom is -0.322 e. The van der Waals surface area contributed by atoms with E-state index in [1.54, 1.807) is 13.0 Å². The number of amides is 1. The van der Waals surface area contributed by atoms with Gasteiger partial charge in [-0.2, -0.15) is 17.5 Å². The topological polar surface area (TPSA) is 113 Å². The standard InChI is InChI=1S/C26H26F3N3O5S2/c1-18-8-11-23(39(36,37)32-14-3-2-4-15-32)17-24(18)25(33)30-20-9-12-22(13-10-20)38(34,35)31-21-7-5-6-19(16-21)26(27,28)29/h5-13,16-17,31H,2-4,14-15H2,1H3,(H,30,33). The molecule has 0 aliphatic carbocycles. The summed E-state index contributed by atoms with van der Waals surface area (Å²) in [6.07, 6.45) is -2.11. The summed E-state index contributed by atoms with van der Waals surface area (Å²) in [7, 11) is -7.96. The Hall–Kier alpha value is -3.42. The number of anilines is 2. The molecule has 208 valence electrons. The van der Waals surface area contributed by atoms with Gasteiger partial charge in [0.05, 0.1) is 15.4 Å². The van der Waals surface area contributed by atoms with Crippen LogP contribution in [0.25, 0.3) is 0 Å². The molecular formula is C26H26F3N3O5S2. The molecule has 0 radical (unpaired) electrons. The second-order valence-electron chi connectivity index (χ2n) is 9.10. The molecule has 0 atom stereocenters. The fraction of sp³-hybridized carbons (Fsp3) is 0.269. The van der Waals surface area contributed by atoms with Crippen molar-refractivity contribution in [3.8, 4) is 0 Å². The van der Waals surface area contributed by atoms with Gasteiger partial charge < -0.3 is 5.32 Å². The summed E-state index contributed by atoms with van der Waals surface area (Å²) in [4.78, 5) is 12.8. The van der Waals surface area contributed by atoms with Crippen LogP contribution in [0.15, 0.2) is 76.5 Å². The maximum absolute atomic E-state index is 13.0. The first-order chi connectivity index (χ1) is 18.3. The lowest BCUT2D eigenvalue weighted by Crippen LogP contribution is -2.35. The van der Waals surface area contributed by atoms with Crippen molar-refractivity contribution in [2.24, 2.45) is 0 Å². The molecule has 1 amide bonds. The van der Waals surface area contributed by atoms with Gasteiger partial charge in [0.2, 0.25) is 10.0 Å². The number of halogens is 3. The van der Waals surface area contributed by atoms with Gasteiger partial charge in [-0.3, -0.25) is 9.52 Å². The summed E-state index contributed by atoms with van der Waals surface area (Å²) >= 11 is 0. The molecule has 8 nitrogen and oxygen atoms in total. The van der Waals surface area contributed by atoms with Crippen molar-refractivity contribution in [3.63, 3.8) is 0 Å². The molecule has 1 saturated heterocycles. The van der Waals surface area contributed by atoms with Crippen molar-refractivity contribution in [3.05, 3.63) is 83.4 Å². The average Bonchev–Trinajstić information content (AvgIpc) is 2.89. The van der Waals surface area contributed by atoms with E-state index in [2.05, 4.69) is 10.0 Å². The molecule has 13 heteroatoms. The van der Waals surface area contributed by atoms with E-state index in [4.69, 9.17) is 0 Å². The van der Waals surface area contributed by atoms with Gasteiger partial charge in [-0.25, -0.2) is 16.8 Å². The molecule has 4 rings (SSSR count). The van der Waals surface area contributed by atoms with Crippen molar-refractivity contribution in [1.29, 1.82) is 0 Å². The van der Waals surface area contributed by atoms with Gasteiger partial charge >= 0.3 is 6.18 Å². The number of hydrogen-bond donors (Lipinski definition) is 2. The third kappa shape index (κ3) is 6.60. The van der Waals surface area contributed by atoms with E-state index in [0.29, 0.717) is 24.7 Å². The number of sulfonamides is 2. The van der Waals surface area contributed by atoms with Crippen LogP contribution >= 0.6 is 0 Å². The minimum atomic E-state index is -4.63. The summed E-state index contributed by atoms with van der Waals surface area (Å²) in [6, 6.07) is 13.2. The largest absolute Gasteiger partial charge is 0.416 e. The lowest BCUT2D eigenvalue weighted by molar-refractivity contribution is -0.137. The van der Waals surface area contributed by atoms with Crippen LogP contribution < -0.4 is 10.0 Å². The molecule has 1 heterocycles. The van der Waals surface area contributed by atoms with Gasteiger partial charge in [-0.05, 0) is 79.9 Å². The predicted octanol–water partition coefficient (Wildman–Crippen LogP) is 5.24. The summed E-state index contributed by atoms with van der Waals surface area (Å²) in [5, 5.41) is 2.62. The van der Waals surface area contributed by atoms with E-state index in [0.717, 1.165) is 31.4 Å².